The number of benzene rings is 4. The lowest BCUT2D eigenvalue weighted by Gasteiger charge is -2.29. The molecule has 0 saturated carbocycles. The van der Waals surface area contributed by atoms with Crippen LogP contribution in [0.4, 0.5) is 15.8 Å². The smallest absolute Gasteiger partial charge is 0.266 e. The molecule has 3 unspecified atom stereocenters. The van der Waals surface area contributed by atoms with Gasteiger partial charge in [0.2, 0.25) is 5.91 Å². The zero-order valence-corrected chi connectivity index (χ0v) is 21.8. The van der Waals surface area contributed by atoms with E-state index in [9.17, 15) is 14.0 Å². The minimum atomic E-state index is -1.03. The summed E-state index contributed by atoms with van der Waals surface area (Å²) in [5.74, 6) is -1.09. The highest BCUT2D eigenvalue weighted by atomic mass is 19.1. The van der Waals surface area contributed by atoms with Gasteiger partial charge < -0.3 is 9.47 Å². The fourth-order valence-corrected chi connectivity index (χ4v) is 5.23. The number of hydrogen-bond acceptors (Lipinski definition) is 6. The Hall–Kier alpha value is -4.69. The van der Waals surface area contributed by atoms with E-state index in [4.69, 9.17) is 14.3 Å². The number of fused-ring (bicyclic) bond motifs is 1. The van der Waals surface area contributed by atoms with Gasteiger partial charge in [0.15, 0.2) is 17.6 Å². The van der Waals surface area contributed by atoms with Crippen LogP contribution in [0.2, 0.25) is 0 Å². The van der Waals surface area contributed by atoms with Crippen LogP contribution in [0.25, 0.3) is 0 Å². The quantitative estimate of drug-likeness (QED) is 0.262. The third-order valence-corrected chi connectivity index (χ3v) is 7.06. The van der Waals surface area contributed by atoms with Crippen LogP contribution in [0.1, 0.15) is 24.1 Å². The fourth-order valence-electron chi connectivity index (χ4n) is 5.23. The van der Waals surface area contributed by atoms with Crippen LogP contribution in [0.15, 0.2) is 103 Å². The highest BCUT2D eigenvalue weighted by molar-refractivity contribution is 6.23. The molecular weight excluding hydrogens is 511 g/mol. The molecule has 202 valence electrons. The number of imide groups is 1. The van der Waals surface area contributed by atoms with Crippen molar-refractivity contribution in [1.29, 1.82) is 0 Å². The SMILES string of the molecule is CCOc1cc(C2C3C(=O)N(c4ccc(F)cc4)C(=O)C3ON2c2ccccc2)ccc1OCc1ccccc1. The predicted molar refractivity (Wildman–Crippen MR) is 147 cm³/mol. The van der Waals surface area contributed by atoms with E-state index >= 15 is 0 Å². The molecule has 4 aromatic carbocycles. The van der Waals surface area contributed by atoms with Crippen LogP contribution in [-0.4, -0.2) is 24.5 Å². The molecule has 0 spiro atoms. The van der Waals surface area contributed by atoms with Crippen molar-refractivity contribution in [3.8, 4) is 11.5 Å². The first kappa shape index (κ1) is 25.6. The third kappa shape index (κ3) is 4.67. The maximum atomic E-state index is 13.8. The Balaban J connectivity index is 1.37. The van der Waals surface area contributed by atoms with E-state index in [0.717, 1.165) is 16.0 Å². The topological polar surface area (TPSA) is 68.3 Å². The lowest BCUT2D eigenvalue weighted by molar-refractivity contribution is -0.126. The minimum Gasteiger partial charge on any atom is -0.490 e. The summed E-state index contributed by atoms with van der Waals surface area (Å²) in [6, 6.07) is 29.3. The van der Waals surface area contributed by atoms with E-state index in [0.29, 0.717) is 36.1 Å². The van der Waals surface area contributed by atoms with E-state index in [1.165, 1.54) is 24.3 Å². The number of nitrogens with zero attached hydrogens (tertiary/aromatic N) is 2. The molecule has 0 N–H and O–H groups in total. The summed E-state index contributed by atoms with van der Waals surface area (Å²) in [6.07, 6.45) is -1.03. The molecule has 3 atom stereocenters. The summed E-state index contributed by atoms with van der Waals surface area (Å²) >= 11 is 0. The fraction of sp³-hybridized carbons (Fsp3) is 0.188. The number of anilines is 2. The minimum absolute atomic E-state index is 0.305. The van der Waals surface area contributed by atoms with Gasteiger partial charge in [-0.25, -0.2) is 14.4 Å². The first-order valence-electron chi connectivity index (χ1n) is 13.1. The second-order valence-electron chi connectivity index (χ2n) is 9.56. The molecule has 8 heteroatoms. The maximum Gasteiger partial charge on any atom is 0.266 e. The van der Waals surface area contributed by atoms with Gasteiger partial charge in [-0.15, -0.1) is 0 Å². The lowest BCUT2D eigenvalue weighted by Crippen LogP contribution is -2.37. The predicted octanol–water partition coefficient (Wildman–Crippen LogP) is 5.85. The number of hydrogen-bond donors (Lipinski definition) is 0. The molecule has 2 aliphatic rings. The van der Waals surface area contributed by atoms with E-state index < -0.39 is 35.7 Å². The van der Waals surface area contributed by atoms with Crippen LogP contribution >= 0.6 is 0 Å². The van der Waals surface area contributed by atoms with Crippen molar-refractivity contribution >= 4 is 23.2 Å². The number of rotatable bonds is 8. The van der Waals surface area contributed by atoms with Crippen LogP contribution in [-0.2, 0) is 21.0 Å². The first-order valence-corrected chi connectivity index (χ1v) is 13.1. The molecule has 2 heterocycles. The molecule has 4 aromatic rings. The number of halogens is 1. The van der Waals surface area contributed by atoms with Gasteiger partial charge in [0, 0.05) is 0 Å². The van der Waals surface area contributed by atoms with Crippen LogP contribution in [0.3, 0.4) is 0 Å². The summed E-state index contributed by atoms with van der Waals surface area (Å²) in [4.78, 5) is 34.6. The van der Waals surface area contributed by atoms with Gasteiger partial charge in [-0.1, -0.05) is 54.6 Å². The molecule has 0 bridgehead atoms. The highest BCUT2D eigenvalue weighted by Crippen LogP contribution is 2.48. The second kappa shape index (κ2) is 10.8. The number of carbonyl (C=O) groups is 2. The Labute approximate surface area is 231 Å². The highest BCUT2D eigenvalue weighted by Gasteiger charge is 2.60. The van der Waals surface area contributed by atoms with Crippen molar-refractivity contribution in [2.75, 3.05) is 16.6 Å². The molecular formula is C32H27FN2O5. The Kier molecular flexibility index (Phi) is 6.92. The molecule has 6 rings (SSSR count). The van der Waals surface area contributed by atoms with Gasteiger partial charge in [-0.2, -0.15) is 0 Å². The van der Waals surface area contributed by atoms with Crippen LogP contribution in [0, 0.1) is 11.7 Å². The number of para-hydroxylation sites is 1. The molecule has 2 fully saturated rings. The molecule has 0 aliphatic carbocycles. The number of hydroxylamine groups is 1. The van der Waals surface area contributed by atoms with Gasteiger partial charge >= 0.3 is 0 Å². The summed E-state index contributed by atoms with van der Waals surface area (Å²) in [7, 11) is 0. The summed E-state index contributed by atoms with van der Waals surface area (Å²) in [6.45, 7) is 2.67. The van der Waals surface area contributed by atoms with E-state index in [1.54, 1.807) is 5.06 Å². The summed E-state index contributed by atoms with van der Waals surface area (Å²) in [5, 5.41) is 1.63. The van der Waals surface area contributed by atoms with Gasteiger partial charge in [-0.3, -0.25) is 14.4 Å². The van der Waals surface area contributed by atoms with E-state index in [-0.39, 0.29) is 0 Å². The summed E-state index contributed by atoms with van der Waals surface area (Å²) < 4.78 is 25.6. The molecule has 2 amide bonds. The van der Waals surface area contributed by atoms with Crippen LogP contribution in [0.5, 0.6) is 11.5 Å². The lowest BCUT2D eigenvalue weighted by atomic mass is 9.90. The average Bonchev–Trinajstić information content (AvgIpc) is 3.49. The Morgan fingerprint density at radius 2 is 1.48 bits per heavy atom. The number of carbonyl (C=O) groups excluding carboxylic acids is 2. The Morgan fingerprint density at radius 3 is 2.17 bits per heavy atom. The van der Waals surface area contributed by atoms with Crippen molar-refractivity contribution in [3.05, 3.63) is 120 Å². The Morgan fingerprint density at radius 1 is 0.775 bits per heavy atom. The number of amides is 2. The zero-order chi connectivity index (χ0) is 27.6. The normalized spacial score (nSPS) is 20.1. The zero-order valence-electron chi connectivity index (χ0n) is 21.8. The molecule has 2 aliphatic heterocycles. The van der Waals surface area contributed by atoms with Crippen molar-refractivity contribution in [3.63, 3.8) is 0 Å². The van der Waals surface area contributed by atoms with Crippen molar-refractivity contribution in [1.82, 2.24) is 0 Å². The number of ether oxygens (including phenoxy) is 2. The summed E-state index contributed by atoms with van der Waals surface area (Å²) in [5.41, 5.74) is 2.76. The molecule has 40 heavy (non-hydrogen) atoms. The van der Waals surface area contributed by atoms with Crippen molar-refractivity contribution in [2.45, 2.75) is 25.7 Å². The van der Waals surface area contributed by atoms with Crippen molar-refractivity contribution in [2.24, 2.45) is 5.92 Å². The monoisotopic (exact) mass is 538 g/mol. The van der Waals surface area contributed by atoms with Gasteiger partial charge in [0.25, 0.3) is 5.91 Å². The first-order chi connectivity index (χ1) is 19.5. The maximum absolute atomic E-state index is 13.8. The molecule has 0 radical (unpaired) electrons. The van der Waals surface area contributed by atoms with E-state index in [2.05, 4.69) is 0 Å². The largest absolute Gasteiger partial charge is 0.490 e. The molecule has 0 aromatic heterocycles. The average molecular weight is 539 g/mol. The van der Waals surface area contributed by atoms with Gasteiger partial charge in [-0.05, 0) is 66.6 Å². The van der Waals surface area contributed by atoms with Crippen molar-refractivity contribution < 1.29 is 28.3 Å². The standard InChI is InChI=1S/C32H27FN2O5/c1-2-38-27-19-22(13-18-26(27)39-20-21-9-5-3-6-10-21)29-28-30(40-35(29)25-11-7-4-8-12-25)32(37)34(31(28)36)24-16-14-23(33)15-17-24/h3-19,28-30H,2,20H2,1H3. The molecule has 2 saturated heterocycles. The van der Waals surface area contributed by atoms with Crippen LogP contribution < -0.4 is 19.4 Å². The second-order valence-corrected chi connectivity index (χ2v) is 9.56. The van der Waals surface area contributed by atoms with E-state index in [1.807, 2.05) is 85.8 Å². The Bertz CT molecular complexity index is 1510. The third-order valence-electron chi connectivity index (χ3n) is 7.06. The van der Waals surface area contributed by atoms with Gasteiger partial charge in [0.1, 0.15) is 18.3 Å². The van der Waals surface area contributed by atoms with Gasteiger partial charge in [0.05, 0.1) is 24.0 Å². The molecule has 7 nitrogen and oxygen atoms in total.